The molecule has 2 aromatic carbocycles. The third-order valence-electron chi connectivity index (χ3n) is 3.54. The molecule has 2 amide bonds. The first-order chi connectivity index (χ1) is 10.6. The Hall–Kier alpha value is -2.82. The average Bonchev–Trinajstić information content (AvgIpc) is 2.53. The Labute approximate surface area is 128 Å². The van der Waals surface area contributed by atoms with Crippen LogP contribution in [0.4, 0.5) is 5.69 Å². The van der Waals surface area contributed by atoms with Crippen LogP contribution in [0.3, 0.4) is 0 Å². The third-order valence-corrected chi connectivity index (χ3v) is 3.54. The summed E-state index contributed by atoms with van der Waals surface area (Å²) in [5.74, 6) is 0.134. The molecule has 0 aliphatic carbocycles. The SMILES string of the molecule is Cc1ccccc1C(=O)NCC1Oc2ccccc2NC1=O. The number of carbonyl (C=O) groups excluding carboxylic acids is 2. The molecule has 0 aromatic heterocycles. The van der Waals surface area contributed by atoms with E-state index in [1.165, 1.54) is 0 Å². The first-order valence-corrected chi connectivity index (χ1v) is 7.05. The number of hydrogen-bond acceptors (Lipinski definition) is 3. The molecular formula is C17H16N2O3. The number of aryl methyl sites for hydroxylation is 1. The van der Waals surface area contributed by atoms with Crippen LogP contribution in [0.1, 0.15) is 15.9 Å². The van der Waals surface area contributed by atoms with Gasteiger partial charge in [0, 0.05) is 5.56 Å². The van der Waals surface area contributed by atoms with Crippen molar-refractivity contribution in [3.63, 3.8) is 0 Å². The highest BCUT2D eigenvalue weighted by molar-refractivity contribution is 5.99. The molecule has 0 saturated heterocycles. The molecular weight excluding hydrogens is 280 g/mol. The van der Waals surface area contributed by atoms with Crippen molar-refractivity contribution in [3.05, 3.63) is 59.7 Å². The van der Waals surface area contributed by atoms with Crippen molar-refractivity contribution in [1.82, 2.24) is 5.32 Å². The van der Waals surface area contributed by atoms with Gasteiger partial charge in [0.05, 0.1) is 12.2 Å². The van der Waals surface area contributed by atoms with Gasteiger partial charge in [0.15, 0.2) is 6.10 Å². The van der Waals surface area contributed by atoms with E-state index in [2.05, 4.69) is 10.6 Å². The monoisotopic (exact) mass is 296 g/mol. The largest absolute Gasteiger partial charge is 0.477 e. The molecule has 22 heavy (non-hydrogen) atoms. The van der Waals surface area contributed by atoms with E-state index in [1.807, 2.05) is 37.3 Å². The third kappa shape index (κ3) is 2.79. The van der Waals surface area contributed by atoms with Crippen LogP contribution >= 0.6 is 0 Å². The molecule has 2 aromatic rings. The highest BCUT2D eigenvalue weighted by Gasteiger charge is 2.27. The fraction of sp³-hybridized carbons (Fsp3) is 0.176. The van der Waals surface area contributed by atoms with Gasteiger partial charge in [0.1, 0.15) is 5.75 Å². The van der Waals surface area contributed by atoms with Gasteiger partial charge in [0.25, 0.3) is 11.8 Å². The summed E-state index contributed by atoms with van der Waals surface area (Å²) in [5.41, 5.74) is 2.13. The quantitative estimate of drug-likeness (QED) is 0.911. The molecule has 5 nitrogen and oxygen atoms in total. The van der Waals surface area contributed by atoms with E-state index in [9.17, 15) is 9.59 Å². The molecule has 1 heterocycles. The molecule has 3 rings (SSSR count). The number of nitrogens with one attached hydrogen (secondary N) is 2. The Morgan fingerprint density at radius 3 is 2.73 bits per heavy atom. The zero-order valence-electron chi connectivity index (χ0n) is 12.1. The van der Waals surface area contributed by atoms with E-state index in [-0.39, 0.29) is 18.4 Å². The molecule has 1 atom stereocenters. The minimum absolute atomic E-state index is 0.118. The van der Waals surface area contributed by atoms with E-state index in [1.54, 1.807) is 18.2 Å². The van der Waals surface area contributed by atoms with Crippen LogP contribution in [0, 0.1) is 6.92 Å². The Morgan fingerprint density at radius 1 is 1.18 bits per heavy atom. The number of benzene rings is 2. The zero-order chi connectivity index (χ0) is 15.5. The van der Waals surface area contributed by atoms with E-state index >= 15 is 0 Å². The van der Waals surface area contributed by atoms with Gasteiger partial charge >= 0.3 is 0 Å². The summed E-state index contributed by atoms with van der Waals surface area (Å²) in [6.45, 7) is 1.99. The summed E-state index contributed by atoms with van der Waals surface area (Å²) >= 11 is 0. The summed E-state index contributed by atoms with van der Waals surface area (Å²) < 4.78 is 5.63. The van der Waals surface area contributed by atoms with Gasteiger partial charge in [-0.25, -0.2) is 0 Å². The second kappa shape index (κ2) is 5.89. The fourth-order valence-electron chi connectivity index (χ4n) is 2.34. The number of para-hydroxylation sites is 2. The standard InChI is InChI=1S/C17H16N2O3/c1-11-6-2-3-7-12(11)16(20)18-10-15-17(21)19-13-8-4-5-9-14(13)22-15/h2-9,15H,10H2,1H3,(H,18,20)(H,19,21). The van der Waals surface area contributed by atoms with Gasteiger partial charge in [-0.1, -0.05) is 30.3 Å². The average molecular weight is 296 g/mol. The van der Waals surface area contributed by atoms with Crippen molar-refractivity contribution in [3.8, 4) is 5.75 Å². The molecule has 0 bridgehead atoms. The van der Waals surface area contributed by atoms with Gasteiger partial charge < -0.3 is 15.4 Å². The molecule has 0 radical (unpaired) electrons. The number of carbonyl (C=O) groups is 2. The molecule has 0 fully saturated rings. The van der Waals surface area contributed by atoms with Gasteiger partial charge in [-0.3, -0.25) is 9.59 Å². The predicted molar refractivity (Wildman–Crippen MR) is 83.0 cm³/mol. The maximum Gasteiger partial charge on any atom is 0.267 e. The summed E-state index contributed by atoms with van der Waals surface area (Å²) in [6, 6.07) is 14.5. The molecule has 112 valence electrons. The molecule has 5 heteroatoms. The topological polar surface area (TPSA) is 67.4 Å². The van der Waals surface area contributed by atoms with E-state index in [4.69, 9.17) is 4.74 Å². The van der Waals surface area contributed by atoms with E-state index in [0.29, 0.717) is 17.0 Å². The van der Waals surface area contributed by atoms with Crippen molar-refractivity contribution in [2.75, 3.05) is 11.9 Å². The van der Waals surface area contributed by atoms with Crippen molar-refractivity contribution >= 4 is 17.5 Å². The van der Waals surface area contributed by atoms with Crippen LogP contribution in [-0.2, 0) is 4.79 Å². The summed E-state index contributed by atoms with van der Waals surface area (Å²) in [6.07, 6.45) is -0.733. The first-order valence-electron chi connectivity index (χ1n) is 7.05. The zero-order valence-corrected chi connectivity index (χ0v) is 12.1. The number of hydrogen-bond donors (Lipinski definition) is 2. The lowest BCUT2D eigenvalue weighted by molar-refractivity contribution is -0.123. The predicted octanol–water partition coefficient (Wildman–Crippen LogP) is 2.12. The van der Waals surface area contributed by atoms with Gasteiger partial charge in [-0.15, -0.1) is 0 Å². The smallest absolute Gasteiger partial charge is 0.267 e. The molecule has 1 aliphatic rings. The Balaban J connectivity index is 1.66. The summed E-state index contributed by atoms with van der Waals surface area (Å²) in [4.78, 5) is 24.1. The number of amides is 2. The number of rotatable bonds is 3. The lowest BCUT2D eigenvalue weighted by Crippen LogP contribution is -2.45. The first kappa shape index (κ1) is 14.1. The highest BCUT2D eigenvalue weighted by Crippen LogP contribution is 2.28. The van der Waals surface area contributed by atoms with Gasteiger partial charge in [0.2, 0.25) is 0 Å². The lowest BCUT2D eigenvalue weighted by Gasteiger charge is -2.25. The normalized spacial score (nSPS) is 16.2. The van der Waals surface area contributed by atoms with Gasteiger partial charge in [-0.2, -0.15) is 0 Å². The maximum absolute atomic E-state index is 12.2. The summed E-state index contributed by atoms with van der Waals surface area (Å²) in [5, 5.41) is 5.52. The van der Waals surface area contributed by atoms with Crippen molar-refractivity contribution in [2.24, 2.45) is 0 Å². The lowest BCUT2D eigenvalue weighted by atomic mass is 10.1. The van der Waals surface area contributed by atoms with Crippen LogP contribution < -0.4 is 15.4 Å². The maximum atomic E-state index is 12.2. The molecule has 2 N–H and O–H groups in total. The second-order valence-electron chi connectivity index (χ2n) is 5.12. The van der Waals surface area contributed by atoms with Crippen LogP contribution in [0.5, 0.6) is 5.75 Å². The van der Waals surface area contributed by atoms with Crippen molar-refractivity contribution in [1.29, 1.82) is 0 Å². The molecule has 1 unspecified atom stereocenters. The number of anilines is 1. The molecule has 0 saturated carbocycles. The van der Waals surface area contributed by atoms with Crippen LogP contribution in [0.15, 0.2) is 48.5 Å². The van der Waals surface area contributed by atoms with Crippen LogP contribution in [0.2, 0.25) is 0 Å². The highest BCUT2D eigenvalue weighted by atomic mass is 16.5. The van der Waals surface area contributed by atoms with E-state index < -0.39 is 6.10 Å². The molecule has 0 spiro atoms. The minimum atomic E-state index is -0.733. The molecule has 1 aliphatic heterocycles. The van der Waals surface area contributed by atoms with E-state index in [0.717, 1.165) is 5.56 Å². The number of fused-ring (bicyclic) bond motifs is 1. The van der Waals surface area contributed by atoms with Crippen molar-refractivity contribution < 1.29 is 14.3 Å². The Morgan fingerprint density at radius 2 is 1.91 bits per heavy atom. The fourth-order valence-corrected chi connectivity index (χ4v) is 2.34. The van der Waals surface area contributed by atoms with Crippen LogP contribution in [0.25, 0.3) is 0 Å². The van der Waals surface area contributed by atoms with Crippen LogP contribution in [-0.4, -0.2) is 24.5 Å². The summed E-state index contributed by atoms with van der Waals surface area (Å²) in [7, 11) is 0. The minimum Gasteiger partial charge on any atom is -0.477 e. The Bertz CT molecular complexity index is 727. The van der Waals surface area contributed by atoms with Gasteiger partial charge in [-0.05, 0) is 30.7 Å². The second-order valence-corrected chi connectivity index (χ2v) is 5.12. The number of ether oxygens (including phenoxy) is 1. The Kier molecular flexibility index (Phi) is 3.78. The van der Waals surface area contributed by atoms with Crippen molar-refractivity contribution in [2.45, 2.75) is 13.0 Å².